The van der Waals surface area contributed by atoms with Gasteiger partial charge in [-0.2, -0.15) is 0 Å². The molecule has 0 spiro atoms. The molecular weight excluding hydrogens is 174 g/mol. The summed E-state index contributed by atoms with van der Waals surface area (Å²) in [4.78, 5) is 0. The number of nitrogens with one attached hydrogen (secondary N) is 1. The quantitative estimate of drug-likeness (QED) is 0.723. The van der Waals surface area contributed by atoms with Crippen LogP contribution in [0.2, 0.25) is 0 Å². The Kier molecular flexibility index (Phi) is 3.12. The van der Waals surface area contributed by atoms with E-state index in [0.29, 0.717) is 12.5 Å². The lowest BCUT2D eigenvalue weighted by Gasteiger charge is -2.25. The summed E-state index contributed by atoms with van der Waals surface area (Å²) < 4.78 is 25.4. The van der Waals surface area contributed by atoms with E-state index in [1.54, 1.807) is 0 Å². The molecule has 0 aromatic heterocycles. The van der Waals surface area contributed by atoms with Crippen molar-refractivity contribution in [2.45, 2.75) is 38.4 Å². The molecule has 1 fully saturated rings. The van der Waals surface area contributed by atoms with Crippen molar-refractivity contribution in [1.29, 1.82) is 0 Å². The first-order chi connectivity index (χ1) is 5.52. The van der Waals surface area contributed by atoms with Gasteiger partial charge in [-0.05, 0) is 18.8 Å². The van der Waals surface area contributed by atoms with Crippen LogP contribution in [0.4, 0.5) is 0 Å². The highest BCUT2D eigenvalue weighted by Crippen LogP contribution is 2.25. The van der Waals surface area contributed by atoms with E-state index in [-0.39, 0.29) is 5.25 Å². The molecule has 1 aliphatic carbocycles. The third kappa shape index (κ3) is 2.45. The Labute approximate surface area is 74.6 Å². The number of hydrogen-bond donors (Lipinski definition) is 1. The molecule has 1 aliphatic rings. The Morgan fingerprint density at radius 1 is 1.42 bits per heavy atom. The Balaban J connectivity index is 2.38. The molecule has 1 N–H and O–H groups in total. The number of rotatable bonds is 4. The molecule has 0 aliphatic heterocycles. The molecule has 1 rings (SSSR count). The lowest BCUT2D eigenvalue weighted by Crippen LogP contribution is -2.39. The topological polar surface area (TPSA) is 46.2 Å². The molecule has 0 saturated heterocycles. The van der Waals surface area contributed by atoms with Crippen LogP contribution in [0.15, 0.2) is 0 Å². The minimum Gasteiger partial charge on any atom is -0.215 e. The highest BCUT2D eigenvalue weighted by atomic mass is 32.2. The maximum Gasteiger partial charge on any atom is 0.214 e. The zero-order chi connectivity index (χ0) is 9.19. The van der Waals surface area contributed by atoms with Gasteiger partial charge in [0.05, 0.1) is 5.25 Å². The second-order valence-corrected chi connectivity index (χ2v) is 5.89. The van der Waals surface area contributed by atoms with E-state index < -0.39 is 10.0 Å². The smallest absolute Gasteiger partial charge is 0.214 e. The predicted octanol–water partition coefficient (Wildman–Crippen LogP) is 1.11. The van der Waals surface area contributed by atoms with Crippen molar-refractivity contribution in [2.24, 2.45) is 5.92 Å². The van der Waals surface area contributed by atoms with Crippen LogP contribution in [0.25, 0.3) is 0 Å². The van der Waals surface area contributed by atoms with Crippen LogP contribution in [0.5, 0.6) is 0 Å². The van der Waals surface area contributed by atoms with Crippen LogP contribution in [-0.2, 0) is 10.0 Å². The second-order valence-electron chi connectivity index (χ2n) is 3.84. The summed E-state index contributed by atoms with van der Waals surface area (Å²) in [5.74, 6) is 0.389. The fraction of sp³-hybridized carbons (Fsp3) is 1.00. The normalized spacial score (nSPS) is 19.6. The summed E-state index contributed by atoms with van der Waals surface area (Å²) in [6.07, 6.45) is 2.74. The molecule has 72 valence electrons. The molecule has 0 amide bonds. The van der Waals surface area contributed by atoms with Gasteiger partial charge in [-0.3, -0.25) is 0 Å². The van der Waals surface area contributed by atoms with Gasteiger partial charge >= 0.3 is 0 Å². The van der Waals surface area contributed by atoms with E-state index in [1.807, 2.05) is 13.8 Å². The van der Waals surface area contributed by atoms with Gasteiger partial charge < -0.3 is 0 Å². The van der Waals surface area contributed by atoms with Gasteiger partial charge in [0.1, 0.15) is 0 Å². The van der Waals surface area contributed by atoms with Crippen molar-refractivity contribution in [2.75, 3.05) is 6.54 Å². The van der Waals surface area contributed by atoms with Gasteiger partial charge in [0.2, 0.25) is 10.0 Å². The fourth-order valence-corrected chi connectivity index (χ4v) is 2.84. The zero-order valence-corrected chi connectivity index (χ0v) is 8.52. The van der Waals surface area contributed by atoms with Crippen molar-refractivity contribution in [3.8, 4) is 0 Å². The molecule has 12 heavy (non-hydrogen) atoms. The van der Waals surface area contributed by atoms with Gasteiger partial charge in [-0.15, -0.1) is 0 Å². The Hall–Kier alpha value is -0.0900. The second kappa shape index (κ2) is 3.75. The van der Waals surface area contributed by atoms with Crippen LogP contribution in [-0.4, -0.2) is 20.2 Å². The standard InChI is InChI=1S/C8H17NO2S/c1-7(2)6-9-12(10,11)8-4-3-5-8/h7-9H,3-6H2,1-2H3. The van der Waals surface area contributed by atoms with Crippen molar-refractivity contribution in [3.63, 3.8) is 0 Å². The Morgan fingerprint density at radius 3 is 2.33 bits per heavy atom. The summed E-state index contributed by atoms with van der Waals surface area (Å²) in [5, 5.41) is -0.101. The minimum atomic E-state index is -2.97. The van der Waals surface area contributed by atoms with E-state index in [2.05, 4.69) is 4.72 Å². The average Bonchev–Trinajstić information content (AvgIpc) is 1.78. The molecule has 0 unspecified atom stereocenters. The molecule has 0 radical (unpaired) electrons. The first kappa shape index (κ1) is 9.99. The fourth-order valence-electron chi connectivity index (χ4n) is 1.08. The number of sulfonamides is 1. The van der Waals surface area contributed by atoms with E-state index >= 15 is 0 Å². The first-order valence-electron chi connectivity index (χ1n) is 4.51. The van der Waals surface area contributed by atoms with Crippen LogP contribution < -0.4 is 4.72 Å². The summed E-state index contributed by atoms with van der Waals surface area (Å²) >= 11 is 0. The largest absolute Gasteiger partial charge is 0.215 e. The molecule has 0 heterocycles. The maximum atomic E-state index is 11.4. The van der Waals surface area contributed by atoms with Crippen molar-refractivity contribution in [1.82, 2.24) is 4.72 Å². The molecular formula is C8H17NO2S. The minimum absolute atomic E-state index is 0.101. The van der Waals surface area contributed by atoms with Crippen LogP contribution in [0, 0.1) is 5.92 Å². The summed E-state index contributed by atoms with van der Waals surface area (Å²) in [7, 11) is -2.97. The van der Waals surface area contributed by atoms with Gasteiger partial charge in [0.25, 0.3) is 0 Å². The highest BCUT2D eigenvalue weighted by Gasteiger charge is 2.30. The molecule has 1 saturated carbocycles. The van der Waals surface area contributed by atoms with E-state index in [9.17, 15) is 8.42 Å². The highest BCUT2D eigenvalue weighted by molar-refractivity contribution is 7.90. The molecule has 3 nitrogen and oxygen atoms in total. The van der Waals surface area contributed by atoms with Crippen LogP contribution in [0.1, 0.15) is 33.1 Å². The van der Waals surface area contributed by atoms with Gasteiger partial charge in [0.15, 0.2) is 0 Å². The Bertz CT molecular complexity index is 229. The van der Waals surface area contributed by atoms with E-state index in [0.717, 1.165) is 19.3 Å². The third-order valence-corrected chi connectivity index (χ3v) is 4.10. The van der Waals surface area contributed by atoms with Crippen molar-refractivity contribution in [3.05, 3.63) is 0 Å². The summed E-state index contributed by atoms with van der Waals surface area (Å²) in [5.41, 5.74) is 0. The average molecular weight is 191 g/mol. The molecule has 0 aromatic rings. The number of hydrogen-bond acceptors (Lipinski definition) is 2. The van der Waals surface area contributed by atoms with Gasteiger partial charge in [-0.1, -0.05) is 20.3 Å². The van der Waals surface area contributed by atoms with Crippen molar-refractivity contribution >= 4 is 10.0 Å². The van der Waals surface area contributed by atoms with Crippen LogP contribution in [0.3, 0.4) is 0 Å². The molecule has 0 aromatic carbocycles. The monoisotopic (exact) mass is 191 g/mol. The lowest BCUT2D eigenvalue weighted by atomic mass is 10.0. The van der Waals surface area contributed by atoms with Gasteiger partial charge in [0, 0.05) is 6.54 Å². The van der Waals surface area contributed by atoms with Gasteiger partial charge in [-0.25, -0.2) is 13.1 Å². The SMILES string of the molecule is CC(C)CNS(=O)(=O)C1CCC1. The molecule has 0 bridgehead atoms. The van der Waals surface area contributed by atoms with E-state index in [1.165, 1.54) is 0 Å². The summed E-state index contributed by atoms with van der Waals surface area (Å²) in [6, 6.07) is 0. The van der Waals surface area contributed by atoms with Crippen molar-refractivity contribution < 1.29 is 8.42 Å². The molecule has 0 atom stereocenters. The van der Waals surface area contributed by atoms with E-state index in [4.69, 9.17) is 0 Å². The summed E-state index contributed by atoms with van der Waals surface area (Å²) in [6.45, 7) is 4.57. The third-order valence-electron chi connectivity index (χ3n) is 2.18. The Morgan fingerprint density at radius 2 is 2.00 bits per heavy atom. The zero-order valence-electron chi connectivity index (χ0n) is 7.71. The first-order valence-corrected chi connectivity index (χ1v) is 6.05. The van der Waals surface area contributed by atoms with Crippen LogP contribution >= 0.6 is 0 Å². The maximum absolute atomic E-state index is 11.4. The lowest BCUT2D eigenvalue weighted by molar-refractivity contribution is 0.465. The predicted molar refractivity (Wildman–Crippen MR) is 49.4 cm³/mol. The molecule has 4 heteroatoms.